The highest BCUT2D eigenvalue weighted by Crippen LogP contribution is 2.10. The highest BCUT2D eigenvalue weighted by atomic mass is 16.1. The fourth-order valence-electron chi connectivity index (χ4n) is 3.28. The Morgan fingerprint density at radius 3 is 1.88 bits per heavy atom. The molecule has 4 nitrogen and oxygen atoms in total. The lowest BCUT2D eigenvalue weighted by molar-refractivity contribution is -0.116. The summed E-state index contributed by atoms with van der Waals surface area (Å²) in [7, 11) is 0. The highest BCUT2D eigenvalue weighted by Gasteiger charge is 1.93. The molecular weight excluding hydrogens is 406 g/mol. The Labute approximate surface area is 204 Å². The van der Waals surface area contributed by atoms with Crippen molar-refractivity contribution >= 4 is 5.91 Å². The van der Waals surface area contributed by atoms with Gasteiger partial charge in [0.15, 0.2) is 0 Å². The smallest absolute Gasteiger partial charge is 0.243 e. The quantitative estimate of drug-likeness (QED) is 0.0929. The molecule has 0 aliphatic carbocycles. The summed E-state index contributed by atoms with van der Waals surface area (Å²) in [5.74, 6) is -0.0521. The number of hydrogen-bond acceptors (Lipinski definition) is 3. The van der Waals surface area contributed by atoms with E-state index in [-0.39, 0.29) is 5.91 Å². The second kappa shape index (κ2) is 28.1. The van der Waals surface area contributed by atoms with E-state index in [1.807, 2.05) is 30.4 Å². The van der Waals surface area contributed by atoms with E-state index in [0.29, 0.717) is 6.54 Å². The van der Waals surface area contributed by atoms with E-state index < -0.39 is 0 Å². The predicted octanol–water partition coefficient (Wildman–Crippen LogP) is 6.52. The van der Waals surface area contributed by atoms with Gasteiger partial charge in [-0.3, -0.25) is 4.79 Å². The number of amides is 1. The van der Waals surface area contributed by atoms with Crippen LogP contribution in [0.1, 0.15) is 90.4 Å². The number of allylic oxidation sites excluding steroid dienone is 9. The summed E-state index contributed by atoms with van der Waals surface area (Å²) in [6, 6.07) is 0. The van der Waals surface area contributed by atoms with Gasteiger partial charge >= 0.3 is 0 Å². The van der Waals surface area contributed by atoms with Crippen molar-refractivity contribution in [2.75, 3.05) is 26.2 Å². The summed E-state index contributed by atoms with van der Waals surface area (Å²) < 4.78 is 0. The van der Waals surface area contributed by atoms with E-state index >= 15 is 0 Å². The monoisotopic (exact) mass is 457 g/mol. The van der Waals surface area contributed by atoms with E-state index in [9.17, 15) is 4.79 Å². The molecule has 0 atom stereocenters. The van der Waals surface area contributed by atoms with Gasteiger partial charge in [-0.05, 0) is 51.7 Å². The van der Waals surface area contributed by atoms with Crippen LogP contribution in [0.25, 0.3) is 0 Å². The molecule has 0 aromatic rings. The van der Waals surface area contributed by atoms with Crippen molar-refractivity contribution in [2.24, 2.45) is 5.73 Å². The van der Waals surface area contributed by atoms with Gasteiger partial charge in [0.25, 0.3) is 0 Å². The first-order chi connectivity index (χ1) is 16.3. The van der Waals surface area contributed by atoms with Gasteiger partial charge in [0.2, 0.25) is 5.91 Å². The molecule has 0 heterocycles. The average Bonchev–Trinajstić information content (AvgIpc) is 2.82. The highest BCUT2D eigenvalue weighted by molar-refractivity contribution is 5.87. The second-order valence-electron chi connectivity index (χ2n) is 8.45. The molecule has 0 spiro atoms. The van der Waals surface area contributed by atoms with E-state index in [2.05, 4.69) is 35.8 Å². The Morgan fingerprint density at radius 1 is 0.636 bits per heavy atom. The first kappa shape index (κ1) is 31.1. The zero-order valence-electron chi connectivity index (χ0n) is 21.3. The number of carbonyl (C=O) groups is 1. The zero-order chi connectivity index (χ0) is 24.1. The largest absolute Gasteiger partial charge is 0.353 e. The topological polar surface area (TPSA) is 67.2 Å². The Balaban J connectivity index is 3.55. The maximum Gasteiger partial charge on any atom is 0.243 e. The van der Waals surface area contributed by atoms with Crippen LogP contribution in [-0.2, 0) is 4.79 Å². The molecule has 0 bridgehead atoms. The molecule has 1 amide bonds. The van der Waals surface area contributed by atoms with Crippen LogP contribution in [0.2, 0.25) is 0 Å². The molecule has 0 aromatic heterocycles. The van der Waals surface area contributed by atoms with Gasteiger partial charge in [-0.25, -0.2) is 0 Å². The minimum atomic E-state index is -0.0521. The Morgan fingerprint density at radius 2 is 1.21 bits per heavy atom. The number of nitrogens with two attached hydrogens (primary N) is 1. The maximum atomic E-state index is 11.7. The first-order valence-corrected chi connectivity index (χ1v) is 13.3. The number of carbonyl (C=O) groups excluding carboxylic acids is 1. The molecule has 4 heteroatoms. The molecule has 4 N–H and O–H groups in total. The molecule has 33 heavy (non-hydrogen) atoms. The molecule has 0 fully saturated rings. The van der Waals surface area contributed by atoms with Crippen LogP contribution in [0.5, 0.6) is 0 Å². The van der Waals surface area contributed by atoms with Crippen molar-refractivity contribution in [3.63, 3.8) is 0 Å². The SMILES string of the molecule is CCCCCCCCCCCC=CC=CC=CC=CC=CC(=O)NCCCNCCCCN. The van der Waals surface area contributed by atoms with Gasteiger partial charge in [-0.15, -0.1) is 0 Å². The van der Waals surface area contributed by atoms with Gasteiger partial charge in [-0.2, -0.15) is 0 Å². The molecule has 0 saturated carbocycles. The standard InChI is InChI=1S/C29H51N3O/c1-2-3-4-5-6-7-8-9-10-11-12-13-14-15-16-17-18-19-20-24-29(33)32-28-23-27-31-26-22-21-25-30/h12-20,24,31H,2-11,21-23,25-28,30H2,1H3,(H,32,33). The molecule has 0 aliphatic rings. The summed E-state index contributed by atoms with van der Waals surface area (Å²) in [6.45, 7) is 5.62. The summed E-state index contributed by atoms with van der Waals surface area (Å²) in [6.07, 6.45) is 36.2. The lowest BCUT2D eigenvalue weighted by atomic mass is 10.1. The van der Waals surface area contributed by atoms with Crippen LogP contribution < -0.4 is 16.4 Å². The minimum absolute atomic E-state index is 0.0521. The van der Waals surface area contributed by atoms with Crippen molar-refractivity contribution < 1.29 is 4.79 Å². The van der Waals surface area contributed by atoms with Crippen LogP contribution in [0.15, 0.2) is 60.8 Å². The number of hydrogen-bond donors (Lipinski definition) is 3. The predicted molar refractivity (Wildman–Crippen MR) is 146 cm³/mol. The van der Waals surface area contributed by atoms with E-state index in [0.717, 1.165) is 38.9 Å². The fraction of sp³-hybridized carbons (Fsp3) is 0.621. The van der Waals surface area contributed by atoms with Crippen LogP contribution in [0.3, 0.4) is 0 Å². The summed E-state index contributed by atoms with van der Waals surface area (Å²) in [4.78, 5) is 11.7. The van der Waals surface area contributed by atoms with Gasteiger partial charge in [-0.1, -0.05) is 113 Å². The van der Waals surface area contributed by atoms with Gasteiger partial charge < -0.3 is 16.4 Å². The number of nitrogens with one attached hydrogen (secondary N) is 2. The second-order valence-corrected chi connectivity index (χ2v) is 8.45. The third-order valence-corrected chi connectivity index (χ3v) is 5.27. The lowest BCUT2D eigenvalue weighted by Gasteiger charge is -2.04. The summed E-state index contributed by atoms with van der Waals surface area (Å²) >= 11 is 0. The Hall–Kier alpha value is -1.91. The van der Waals surface area contributed by atoms with Crippen LogP contribution >= 0.6 is 0 Å². The van der Waals surface area contributed by atoms with Crippen LogP contribution in [-0.4, -0.2) is 32.1 Å². The van der Waals surface area contributed by atoms with Crippen molar-refractivity contribution in [3.05, 3.63) is 60.8 Å². The third-order valence-electron chi connectivity index (χ3n) is 5.27. The van der Waals surface area contributed by atoms with E-state index in [1.54, 1.807) is 12.2 Å². The molecule has 0 aromatic carbocycles. The molecular formula is C29H51N3O. The number of rotatable bonds is 23. The minimum Gasteiger partial charge on any atom is -0.353 e. The lowest BCUT2D eigenvalue weighted by Crippen LogP contribution is -2.26. The summed E-state index contributed by atoms with van der Waals surface area (Å²) in [5.41, 5.74) is 5.45. The molecule has 188 valence electrons. The first-order valence-electron chi connectivity index (χ1n) is 13.3. The van der Waals surface area contributed by atoms with Gasteiger partial charge in [0, 0.05) is 12.6 Å². The zero-order valence-corrected chi connectivity index (χ0v) is 21.3. The molecule has 0 unspecified atom stereocenters. The van der Waals surface area contributed by atoms with Crippen molar-refractivity contribution in [1.82, 2.24) is 10.6 Å². The van der Waals surface area contributed by atoms with Crippen molar-refractivity contribution in [2.45, 2.75) is 90.4 Å². The van der Waals surface area contributed by atoms with E-state index in [4.69, 9.17) is 5.73 Å². The van der Waals surface area contributed by atoms with Crippen molar-refractivity contribution in [1.29, 1.82) is 0 Å². The van der Waals surface area contributed by atoms with Gasteiger partial charge in [0.05, 0.1) is 0 Å². The average molecular weight is 458 g/mol. The van der Waals surface area contributed by atoms with Crippen molar-refractivity contribution in [3.8, 4) is 0 Å². The number of unbranched alkanes of at least 4 members (excludes halogenated alkanes) is 10. The molecule has 0 saturated heterocycles. The van der Waals surface area contributed by atoms with Gasteiger partial charge in [0.1, 0.15) is 0 Å². The van der Waals surface area contributed by atoms with Crippen LogP contribution in [0.4, 0.5) is 0 Å². The summed E-state index contributed by atoms with van der Waals surface area (Å²) in [5, 5.41) is 6.23. The molecule has 0 radical (unpaired) electrons. The van der Waals surface area contributed by atoms with Crippen LogP contribution in [0, 0.1) is 0 Å². The normalized spacial score (nSPS) is 12.4. The maximum absolute atomic E-state index is 11.7. The van der Waals surface area contributed by atoms with E-state index in [1.165, 1.54) is 64.2 Å². The Kier molecular flexibility index (Phi) is 26.5. The molecule has 0 rings (SSSR count). The molecule has 0 aliphatic heterocycles. The fourth-order valence-corrected chi connectivity index (χ4v) is 3.28. The Bertz CT molecular complexity index is 561. The third kappa shape index (κ3) is 28.1.